The van der Waals surface area contributed by atoms with Crippen molar-refractivity contribution < 1.29 is 142 Å². The number of carbonyl (C=O) groups excluding carboxylic acids is 7. The Labute approximate surface area is 732 Å². The van der Waals surface area contributed by atoms with Gasteiger partial charge >= 0.3 is 5.97 Å². The van der Waals surface area contributed by atoms with E-state index in [0.29, 0.717) is 5.56 Å². The van der Waals surface area contributed by atoms with Crippen molar-refractivity contribution in [2.75, 3.05) is 20.2 Å². The molecular weight excluding hydrogens is 1720 g/mol. The molecule has 1 aromatic heterocycles. The predicted octanol–water partition coefficient (Wildman–Crippen LogP) is 2.23. The summed E-state index contributed by atoms with van der Waals surface area (Å²) in [5.41, 5.74) is 8.58. The van der Waals surface area contributed by atoms with Gasteiger partial charge in [0.05, 0.1) is 41.3 Å². The lowest BCUT2D eigenvalue weighted by molar-refractivity contribution is -0.350. The number of rotatable bonds is 20. The Morgan fingerprint density at radius 1 is 0.683 bits per heavy atom. The summed E-state index contributed by atoms with van der Waals surface area (Å²) in [5, 5.41) is 159. The van der Waals surface area contributed by atoms with E-state index in [1.807, 2.05) is 0 Å². The highest BCUT2D eigenvalue weighted by Crippen LogP contribution is 2.51. The third-order valence-electron chi connectivity index (χ3n) is 22.1. The standard InChI is InChI=1S/C83H93Cl2FN10O28S.CH4/c1-31(2)17-45(89-5)74(109)95-62-64(102)35-10-14-49(43(84)20-35)118-51-22-37-23-52(71(51)123-82-69(107)67(105)72(54(30-97)121-82)124-81-68(106)66(104)65(103)53(120-81)29-90-28-40-12-16-55(125-40)33-7-6-8-38(86)18-33)119-50-15-11-36(21-44(50)85)70(122-57-27-83(4,88)73(108)32(3)117-57)63-79(114)94-61(80(115)116)42-24-39(98)25-48(100)58(42)41-19-34(9-13-47(41)99)59(76(111)96-63)93-77(112)60(37)92-75(110)46(26-56(87)101)91-78(62)113;/h6-16,18-25,31-32,45-46,53-54,57,59-70,72-73,81-82,89-90,97-100,102-108H,17,26-30,88H2,1-5H3,(H2,87,101)(H,91,113)(H,92,110)(H,93,112)(H,94,114)(H,95,109)(H,96,111)(H,115,116);1H4/t32-,45+,46+,53+,54+,57?,59-,60+,61-,62?,63-,64+,65-,66-,67+,68+,69+,70+,72+,73-,81-,82-,83-;/m0./s1. The topological polar surface area (TPSA) is 601 Å². The van der Waals surface area contributed by atoms with Gasteiger partial charge in [-0.2, -0.15) is 0 Å². The number of aliphatic hydroxyl groups excluding tert-OH is 8. The van der Waals surface area contributed by atoms with E-state index >= 15 is 24.0 Å². The zero-order chi connectivity index (χ0) is 90.2. The first kappa shape index (κ1) is 94.6. The van der Waals surface area contributed by atoms with E-state index < -0.39 is 290 Å². The highest BCUT2D eigenvalue weighted by Gasteiger charge is 2.53. The molecule has 0 radical (unpaired) electrons. The average Bonchev–Trinajstić information content (AvgIpc) is 0.857. The second-order valence-electron chi connectivity index (χ2n) is 31.7. The number of phenolic OH excluding ortho intramolecular Hbond substituents is 3. The number of carboxylic acids is 1. The van der Waals surface area contributed by atoms with Crippen molar-refractivity contribution in [1.29, 1.82) is 0 Å². The minimum atomic E-state index is -2.43. The lowest BCUT2D eigenvalue weighted by atomic mass is 9.86. The summed E-state index contributed by atoms with van der Waals surface area (Å²) < 4.78 is 65.3. The third kappa shape index (κ3) is 20.5. The maximum absolute atomic E-state index is 16.4. The molecule has 0 spiro atoms. The first-order valence-corrected chi connectivity index (χ1v) is 41.0. The smallest absolute Gasteiger partial charge is 0.330 e. The number of carbonyl (C=O) groups is 8. The third-order valence-corrected chi connectivity index (χ3v) is 23.8. The van der Waals surface area contributed by atoms with E-state index in [4.69, 9.17) is 72.6 Å². The first-order chi connectivity index (χ1) is 59.3. The number of likely N-dealkylation sites (N-methyl/N-ethyl adjacent to an activating group) is 1. The normalized spacial score (nSPS) is 29.5. The number of amides is 7. The number of phenols is 3. The molecular formula is C84H97Cl2FN10O28S. The summed E-state index contributed by atoms with van der Waals surface area (Å²) in [6, 6.07) is 8.44. The number of nitrogens with two attached hydrogens (primary N) is 2. The lowest BCUT2D eigenvalue weighted by Gasteiger charge is -2.46. The maximum Gasteiger partial charge on any atom is 0.330 e. The van der Waals surface area contributed by atoms with Gasteiger partial charge in [0.1, 0.15) is 126 Å². The average molecular weight is 1820 g/mol. The van der Waals surface area contributed by atoms with Crippen LogP contribution in [0.2, 0.25) is 10.0 Å². The summed E-state index contributed by atoms with van der Waals surface area (Å²) in [4.78, 5) is 122. The van der Waals surface area contributed by atoms with Gasteiger partial charge in [-0.3, -0.25) is 33.6 Å². The number of aromatic hydroxyl groups is 3. The SMILES string of the molecule is C.CN[C@H](CC(C)C)C(=O)NC1C(=O)N[C@H](CC(N)=O)C(=O)N[C@H]2C(=O)N[C@@H]3C(=O)N[C@H](C(=O)N[C@H](C(=O)O)c4cc(O)cc(O)c4-c4cc3ccc4O)[C@H](OC3C[C@](C)(N)[C@@H](O)[C@H](C)O3)c3ccc(c(Cl)c3)Oc3cc2cc(c3O[C@@H]2O[C@H](CO)[C@@H](O[C@@H]3O[C@H](CNCc4ccc(-c5cccc(F)c5)s4)[C@H](O)[C@H](O)[C@H]3O)[C@H](O)[C@H]2O)Oc2ccc(cc2Cl)[C@H]1O. The second kappa shape index (κ2) is 39.4. The molecule has 3 saturated heterocycles. The van der Waals surface area contributed by atoms with E-state index in [9.17, 15) is 80.1 Å². The number of nitrogens with one attached hydrogen (secondary N) is 8. The molecule has 11 bridgehead atoms. The number of ether oxygens (including phenoxy) is 8. The van der Waals surface area contributed by atoms with Crippen molar-refractivity contribution in [2.45, 2.75) is 201 Å². The molecule has 7 aromatic rings. The molecule has 9 heterocycles. The Hall–Kier alpha value is -10.6. The van der Waals surface area contributed by atoms with Crippen LogP contribution in [-0.2, 0) is 68.6 Å². The van der Waals surface area contributed by atoms with Gasteiger partial charge < -0.3 is 153 Å². The van der Waals surface area contributed by atoms with E-state index in [1.165, 1.54) is 56.5 Å². The number of aliphatic hydroxyl groups is 8. The molecule has 8 aliphatic heterocycles. The molecule has 23 atom stereocenters. The summed E-state index contributed by atoms with van der Waals surface area (Å²) in [5.74, 6) is -17.2. The Balaban J connectivity index is 0.0000144. The molecule has 0 saturated carbocycles. The van der Waals surface area contributed by atoms with Gasteiger partial charge in [0.15, 0.2) is 30.1 Å². The lowest BCUT2D eigenvalue weighted by Crippen LogP contribution is -2.65. The molecule has 15 rings (SSSR count). The summed E-state index contributed by atoms with van der Waals surface area (Å²) in [7, 11) is 1.46. The predicted molar refractivity (Wildman–Crippen MR) is 443 cm³/mol. The van der Waals surface area contributed by atoms with Crippen molar-refractivity contribution in [3.8, 4) is 67.6 Å². The number of hydrogen-bond donors (Lipinski definition) is 22. The number of benzene rings is 6. The van der Waals surface area contributed by atoms with Crippen molar-refractivity contribution in [1.82, 2.24) is 42.5 Å². The Bertz CT molecular complexity index is 5250. The number of carboxylic acid groups (broad SMARTS) is 1. The van der Waals surface area contributed by atoms with E-state index in [-0.39, 0.29) is 50.4 Å². The van der Waals surface area contributed by atoms with Gasteiger partial charge in [0.2, 0.25) is 53.4 Å². The van der Waals surface area contributed by atoms with Crippen LogP contribution in [0.1, 0.15) is 117 Å². The van der Waals surface area contributed by atoms with Crippen LogP contribution in [0.5, 0.6) is 46.0 Å². The van der Waals surface area contributed by atoms with Crippen molar-refractivity contribution in [2.24, 2.45) is 17.4 Å². The zero-order valence-electron chi connectivity index (χ0n) is 67.1. The second-order valence-corrected chi connectivity index (χ2v) is 33.7. The number of halogens is 3. The number of fused-ring (bicyclic) bond motifs is 15. The molecule has 38 nitrogen and oxygen atoms in total. The largest absolute Gasteiger partial charge is 0.508 e. The Kier molecular flexibility index (Phi) is 29.5. The highest BCUT2D eigenvalue weighted by atomic mass is 35.5. The molecule has 2 unspecified atom stereocenters. The molecule has 7 amide bonds. The summed E-state index contributed by atoms with van der Waals surface area (Å²) in [6.07, 6.45) is -29.3. The molecule has 0 aliphatic carbocycles. The monoisotopic (exact) mass is 1810 g/mol. The van der Waals surface area contributed by atoms with Crippen LogP contribution in [0.15, 0.2) is 115 Å². The quantitative estimate of drug-likeness (QED) is 0.0520. The van der Waals surface area contributed by atoms with Crippen LogP contribution in [0.3, 0.4) is 0 Å². The minimum Gasteiger partial charge on any atom is -0.508 e. The van der Waals surface area contributed by atoms with Gasteiger partial charge in [-0.1, -0.05) is 74.8 Å². The van der Waals surface area contributed by atoms with Crippen molar-refractivity contribution in [3.63, 3.8) is 0 Å². The van der Waals surface area contributed by atoms with Crippen LogP contribution >= 0.6 is 34.5 Å². The van der Waals surface area contributed by atoms with Gasteiger partial charge in [-0.05, 0) is 140 Å². The van der Waals surface area contributed by atoms with Crippen LogP contribution in [-0.4, -0.2) is 238 Å². The van der Waals surface area contributed by atoms with Gasteiger partial charge in [-0.15, -0.1) is 11.3 Å². The van der Waals surface area contributed by atoms with Crippen LogP contribution < -0.4 is 68.2 Å². The minimum absolute atomic E-state index is 0. The molecule has 678 valence electrons. The molecule has 6 aromatic carbocycles. The molecule has 126 heavy (non-hydrogen) atoms. The van der Waals surface area contributed by atoms with Gasteiger partial charge in [0, 0.05) is 57.6 Å². The highest BCUT2D eigenvalue weighted by molar-refractivity contribution is 7.15. The molecule has 8 aliphatic rings. The Morgan fingerprint density at radius 2 is 1.33 bits per heavy atom. The molecule has 3 fully saturated rings. The number of hydrogen-bond acceptors (Lipinski definition) is 31. The number of aliphatic carboxylic acids is 1. The molecule has 42 heteroatoms. The van der Waals surface area contributed by atoms with E-state index in [1.54, 1.807) is 38.1 Å². The number of thiophene rings is 1. The van der Waals surface area contributed by atoms with E-state index in [2.05, 4.69) is 42.5 Å². The van der Waals surface area contributed by atoms with Crippen molar-refractivity contribution >= 4 is 81.9 Å². The summed E-state index contributed by atoms with van der Waals surface area (Å²) in [6.45, 7) is 5.36. The zero-order valence-corrected chi connectivity index (χ0v) is 69.4. The van der Waals surface area contributed by atoms with Crippen LogP contribution in [0.25, 0.3) is 21.6 Å². The molecule has 24 N–H and O–H groups in total. The Morgan fingerprint density at radius 3 is 1.97 bits per heavy atom. The van der Waals surface area contributed by atoms with Crippen LogP contribution in [0, 0.1) is 11.7 Å². The maximum atomic E-state index is 16.4. The first-order valence-electron chi connectivity index (χ1n) is 39.5. The fraction of sp³-hybridized carbons (Fsp3) is 0.429. The van der Waals surface area contributed by atoms with Crippen molar-refractivity contribution in [3.05, 3.63) is 164 Å². The fourth-order valence-corrected chi connectivity index (χ4v) is 17.0. The fourth-order valence-electron chi connectivity index (χ4n) is 15.6. The van der Waals surface area contributed by atoms with Crippen LogP contribution in [0.4, 0.5) is 4.39 Å². The number of primary amides is 1. The van der Waals surface area contributed by atoms with E-state index in [0.717, 1.165) is 76.5 Å². The summed E-state index contributed by atoms with van der Waals surface area (Å²) >= 11 is 15.8. The van der Waals surface area contributed by atoms with Gasteiger partial charge in [0.25, 0.3) is 0 Å². The van der Waals surface area contributed by atoms with Gasteiger partial charge in [-0.25, -0.2) is 9.18 Å².